The Morgan fingerprint density at radius 2 is 2.05 bits per heavy atom. The van der Waals surface area contributed by atoms with Crippen LogP contribution >= 0.6 is 11.6 Å². The first-order valence-corrected chi connectivity index (χ1v) is 14.0. The highest BCUT2D eigenvalue weighted by Gasteiger charge is 2.29. The molecule has 0 aromatic carbocycles. The van der Waals surface area contributed by atoms with E-state index in [4.69, 9.17) is 25.8 Å². The number of methoxy groups -OCH3 is 1. The second-order valence-electron chi connectivity index (χ2n) is 11.1. The highest BCUT2D eigenvalue weighted by atomic mass is 35.5. The number of likely N-dealkylation sites (tertiary alicyclic amines) is 1. The number of pyridine rings is 2. The molecule has 0 saturated carbocycles. The Bertz CT molecular complexity index is 1630. The lowest BCUT2D eigenvalue weighted by atomic mass is 10.0. The number of nitriles is 1. The van der Waals surface area contributed by atoms with E-state index in [2.05, 4.69) is 26.5 Å². The van der Waals surface area contributed by atoms with Crippen LogP contribution in [-0.4, -0.2) is 73.0 Å². The maximum Gasteiger partial charge on any atom is 0.410 e. The van der Waals surface area contributed by atoms with Crippen molar-refractivity contribution in [1.29, 1.82) is 5.26 Å². The Hall–Kier alpha value is -4.21. The van der Waals surface area contributed by atoms with Gasteiger partial charge in [-0.2, -0.15) is 10.4 Å². The molecular weight excluding hydrogens is 560 g/mol. The lowest BCUT2D eigenvalue weighted by Crippen LogP contribution is -2.42. The van der Waals surface area contributed by atoms with Gasteiger partial charge in [0.15, 0.2) is 0 Å². The largest absolute Gasteiger partial charge is 0.488 e. The fourth-order valence-corrected chi connectivity index (χ4v) is 5.28. The fourth-order valence-electron chi connectivity index (χ4n) is 5.04. The molecule has 1 saturated heterocycles. The molecule has 1 aliphatic rings. The van der Waals surface area contributed by atoms with Crippen LogP contribution in [0.2, 0.25) is 5.02 Å². The highest BCUT2D eigenvalue weighted by molar-refractivity contribution is 6.31. The number of hydrogen-bond donors (Lipinski definition) is 0. The van der Waals surface area contributed by atoms with Gasteiger partial charge < -0.3 is 19.1 Å². The van der Waals surface area contributed by atoms with Gasteiger partial charge in [-0.3, -0.25) is 4.98 Å². The van der Waals surface area contributed by atoms with Gasteiger partial charge in [0.1, 0.15) is 46.9 Å². The van der Waals surface area contributed by atoms with Crippen molar-refractivity contribution in [2.75, 3.05) is 26.8 Å². The van der Waals surface area contributed by atoms with Crippen molar-refractivity contribution in [3.63, 3.8) is 0 Å². The number of fused-ring (bicyclic) bond motifs is 1. The predicted octanol–water partition coefficient (Wildman–Crippen LogP) is 5.16. The van der Waals surface area contributed by atoms with E-state index in [0.717, 1.165) is 24.1 Å². The number of piperidine rings is 1. The van der Waals surface area contributed by atoms with Crippen LogP contribution in [0.5, 0.6) is 5.75 Å². The molecule has 1 fully saturated rings. The van der Waals surface area contributed by atoms with E-state index < -0.39 is 11.7 Å². The van der Waals surface area contributed by atoms with Crippen molar-refractivity contribution in [2.24, 2.45) is 0 Å². The number of halogens is 1. The Morgan fingerprint density at radius 3 is 2.71 bits per heavy atom. The Morgan fingerprint density at radius 1 is 1.29 bits per heavy atom. The lowest BCUT2D eigenvalue weighted by molar-refractivity contribution is 0.0183. The van der Waals surface area contributed by atoms with Crippen molar-refractivity contribution in [3.8, 4) is 23.1 Å². The van der Waals surface area contributed by atoms with Crippen LogP contribution in [0.3, 0.4) is 0 Å². The molecule has 5 rings (SSSR count). The molecule has 13 heteroatoms. The summed E-state index contributed by atoms with van der Waals surface area (Å²) in [4.78, 5) is 18.6. The summed E-state index contributed by atoms with van der Waals surface area (Å²) in [6.45, 7) is 8.80. The first kappa shape index (κ1) is 29.3. The maximum atomic E-state index is 12.5. The molecule has 5 heterocycles. The van der Waals surface area contributed by atoms with Crippen LogP contribution in [0.15, 0.2) is 36.8 Å². The Labute approximate surface area is 248 Å². The van der Waals surface area contributed by atoms with Gasteiger partial charge in [-0.25, -0.2) is 14.0 Å². The highest BCUT2D eigenvalue weighted by Crippen LogP contribution is 2.33. The van der Waals surface area contributed by atoms with Crippen molar-refractivity contribution < 1.29 is 19.0 Å². The second kappa shape index (κ2) is 12.0. The minimum atomic E-state index is -0.537. The van der Waals surface area contributed by atoms with Crippen LogP contribution in [0.1, 0.15) is 62.7 Å². The second-order valence-corrected chi connectivity index (χ2v) is 11.5. The number of carbonyl (C=O) groups is 1. The van der Waals surface area contributed by atoms with E-state index in [0.29, 0.717) is 46.3 Å². The van der Waals surface area contributed by atoms with Gasteiger partial charge in [-0.15, -0.1) is 5.10 Å². The van der Waals surface area contributed by atoms with Crippen molar-refractivity contribution in [2.45, 2.75) is 58.3 Å². The quantitative estimate of drug-likeness (QED) is 0.285. The molecule has 1 atom stereocenters. The Balaban J connectivity index is 1.39. The van der Waals surface area contributed by atoms with Gasteiger partial charge in [0.25, 0.3) is 0 Å². The molecule has 42 heavy (non-hydrogen) atoms. The SMILES string of the molecule is COC(COc1cc(-c2nnn(C3CCN(C(=O)OC(C)(C)C)CC3)c2C)cn2ncc(C#N)c12)c1ncccc1Cl. The molecule has 12 nitrogen and oxygen atoms in total. The molecule has 1 amide bonds. The van der Waals surface area contributed by atoms with E-state index in [1.165, 1.54) is 6.20 Å². The standard InChI is InChI=1S/C29H33ClN8O4/c1-18-25(34-35-38(18)21-8-11-36(12-9-21)28(39)42-29(2,3)4)19-13-23(27-20(14-31)15-33-37(27)16-19)41-17-24(40-5)26-22(30)7-6-10-32-26/h6-7,10,13,15-16,21,24H,8-9,11-12,17H2,1-5H3. The van der Waals surface area contributed by atoms with Crippen LogP contribution in [0, 0.1) is 18.3 Å². The summed E-state index contributed by atoms with van der Waals surface area (Å²) >= 11 is 6.34. The topological polar surface area (TPSA) is 133 Å². The summed E-state index contributed by atoms with van der Waals surface area (Å²) in [5.74, 6) is 0.440. The molecule has 0 spiro atoms. The smallest absolute Gasteiger partial charge is 0.410 e. The normalized spacial score (nSPS) is 15.0. The van der Waals surface area contributed by atoms with Crippen molar-refractivity contribution in [3.05, 3.63) is 58.8 Å². The molecule has 220 valence electrons. The Kier molecular flexibility index (Phi) is 8.34. The van der Waals surface area contributed by atoms with Gasteiger partial charge in [0, 0.05) is 38.2 Å². The number of amides is 1. The monoisotopic (exact) mass is 592 g/mol. The van der Waals surface area contributed by atoms with Gasteiger partial charge in [-0.1, -0.05) is 16.8 Å². The van der Waals surface area contributed by atoms with Crippen LogP contribution in [-0.2, 0) is 9.47 Å². The summed E-state index contributed by atoms with van der Waals surface area (Å²) in [7, 11) is 1.56. The third kappa shape index (κ3) is 6.03. The molecular formula is C29H33ClN8O4. The summed E-state index contributed by atoms with van der Waals surface area (Å²) < 4.78 is 20.9. The molecule has 4 aromatic rings. The maximum absolute atomic E-state index is 12.5. The van der Waals surface area contributed by atoms with E-state index in [1.807, 2.05) is 38.4 Å². The predicted molar refractivity (Wildman–Crippen MR) is 154 cm³/mol. The first-order chi connectivity index (χ1) is 20.1. The van der Waals surface area contributed by atoms with E-state index in [-0.39, 0.29) is 18.7 Å². The number of rotatable bonds is 7. The zero-order chi connectivity index (χ0) is 30.0. The number of ether oxygens (including phenoxy) is 3. The van der Waals surface area contributed by atoms with E-state index in [1.54, 1.807) is 41.1 Å². The van der Waals surface area contributed by atoms with Gasteiger partial charge in [0.05, 0.1) is 28.6 Å². The molecule has 0 aliphatic carbocycles. The average molecular weight is 593 g/mol. The molecule has 1 aliphatic heterocycles. The summed E-state index contributed by atoms with van der Waals surface area (Å²) in [5, 5.41) is 23.5. The van der Waals surface area contributed by atoms with E-state index in [9.17, 15) is 10.1 Å². The molecule has 1 unspecified atom stereocenters. The lowest BCUT2D eigenvalue weighted by Gasteiger charge is -2.33. The molecule has 4 aromatic heterocycles. The fraction of sp³-hybridized carbons (Fsp3) is 0.448. The summed E-state index contributed by atoms with van der Waals surface area (Å²) in [5.41, 5.74) is 3.19. The van der Waals surface area contributed by atoms with Gasteiger partial charge in [0.2, 0.25) is 0 Å². The van der Waals surface area contributed by atoms with Crippen LogP contribution in [0.25, 0.3) is 16.8 Å². The van der Waals surface area contributed by atoms with Gasteiger partial charge >= 0.3 is 6.09 Å². The number of nitrogens with zero attached hydrogens (tertiary/aromatic N) is 8. The summed E-state index contributed by atoms with van der Waals surface area (Å²) in [6.07, 6.45) is 5.57. The minimum Gasteiger partial charge on any atom is -0.488 e. The van der Waals surface area contributed by atoms with Crippen LogP contribution < -0.4 is 4.74 Å². The van der Waals surface area contributed by atoms with Gasteiger partial charge in [-0.05, 0) is 58.7 Å². The third-order valence-corrected chi connectivity index (χ3v) is 7.45. The number of aromatic nitrogens is 6. The van der Waals surface area contributed by atoms with Crippen LogP contribution in [0.4, 0.5) is 4.79 Å². The number of carbonyl (C=O) groups excluding carboxylic acids is 1. The minimum absolute atomic E-state index is 0.0878. The third-order valence-electron chi connectivity index (χ3n) is 7.13. The number of hydrogen-bond acceptors (Lipinski definition) is 9. The molecule has 0 bridgehead atoms. The molecule has 0 N–H and O–H groups in total. The van der Waals surface area contributed by atoms with Crippen molar-refractivity contribution in [1.82, 2.24) is 34.5 Å². The van der Waals surface area contributed by atoms with Crippen molar-refractivity contribution >= 4 is 23.2 Å². The first-order valence-electron chi connectivity index (χ1n) is 13.7. The zero-order valence-corrected chi connectivity index (χ0v) is 25.0. The average Bonchev–Trinajstić information content (AvgIpc) is 3.56. The summed E-state index contributed by atoms with van der Waals surface area (Å²) in [6, 6.07) is 7.59. The van der Waals surface area contributed by atoms with E-state index >= 15 is 0 Å². The molecule has 0 radical (unpaired) electrons. The zero-order valence-electron chi connectivity index (χ0n) is 24.2.